The topological polar surface area (TPSA) is 64.6 Å². The third-order valence-corrected chi connectivity index (χ3v) is 3.45. The highest BCUT2D eigenvalue weighted by atomic mass is 16.6. The van der Waals surface area contributed by atoms with Gasteiger partial charge in [-0.25, -0.2) is 0 Å². The van der Waals surface area contributed by atoms with E-state index in [1.165, 1.54) is 0 Å². The van der Waals surface area contributed by atoms with Crippen LogP contribution in [0.1, 0.15) is 18.9 Å². The van der Waals surface area contributed by atoms with E-state index in [1.807, 2.05) is 6.07 Å². The molecule has 0 bridgehead atoms. The van der Waals surface area contributed by atoms with E-state index in [2.05, 4.69) is 5.32 Å². The number of hydrogen-bond acceptors (Lipinski definition) is 4. The molecule has 1 atom stereocenters. The molecule has 1 N–H and O–H groups in total. The van der Waals surface area contributed by atoms with E-state index in [9.17, 15) is 9.59 Å². The average Bonchev–Trinajstić information content (AvgIpc) is 2.63. The molecule has 1 fully saturated rings. The smallest absolute Gasteiger partial charge is 0.237 e. The Kier molecular flexibility index (Phi) is 2.29. The molecular weight excluding hydrogens is 234 g/mol. The molecule has 2 heterocycles. The Morgan fingerprint density at radius 3 is 2.56 bits per heavy atom. The predicted molar refractivity (Wildman–Crippen MR) is 62.6 cm³/mol. The van der Waals surface area contributed by atoms with Gasteiger partial charge in [0.2, 0.25) is 11.8 Å². The third-order valence-electron chi connectivity index (χ3n) is 3.45. The minimum Gasteiger partial charge on any atom is -0.486 e. The van der Waals surface area contributed by atoms with Crippen molar-refractivity contribution in [3.8, 4) is 11.5 Å². The maximum absolute atomic E-state index is 11.9. The number of rotatable bonds is 1. The average molecular weight is 247 g/mol. The lowest BCUT2D eigenvalue weighted by Crippen LogP contribution is -2.32. The maximum Gasteiger partial charge on any atom is 0.237 e. The van der Waals surface area contributed by atoms with E-state index in [-0.39, 0.29) is 18.2 Å². The minimum atomic E-state index is -0.813. The van der Waals surface area contributed by atoms with Crippen LogP contribution in [-0.2, 0) is 15.0 Å². The van der Waals surface area contributed by atoms with Gasteiger partial charge in [-0.2, -0.15) is 0 Å². The highest BCUT2D eigenvalue weighted by molar-refractivity contribution is 6.08. The van der Waals surface area contributed by atoms with Crippen molar-refractivity contribution in [1.82, 2.24) is 5.32 Å². The molecule has 1 aromatic rings. The lowest BCUT2D eigenvalue weighted by atomic mass is 9.81. The minimum absolute atomic E-state index is 0.172. The summed E-state index contributed by atoms with van der Waals surface area (Å²) in [7, 11) is 0. The molecule has 1 aromatic carbocycles. The molecule has 0 aromatic heterocycles. The first-order chi connectivity index (χ1) is 8.59. The molecule has 5 nitrogen and oxygen atoms in total. The zero-order chi connectivity index (χ0) is 12.8. The van der Waals surface area contributed by atoms with Crippen molar-refractivity contribution >= 4 is 11.8 Å². The van der Waals surface area contributed by atoms with Gasteiger partial charge < -0.3 is 9.47 Å². The Labute approximate surface area is 104 Å². The molecule has 0 aliphatic carbocycles. The third kappa shape index (κ3) is 1.54. The van der Waals surface area contributed by atoms with Gasteiger partial charge in [0.25, 0.3) is 0 Å². The van der Waals surface area contributed by atoms with Gasteiger partial charge in [0.1, 0.15) is 13.2 Å². The number of carbonyl (C=O) groups is 2. The quantitative estimate of drug-likeness (QED) is 0.744. The molecule has 2 aliphatic rings. The van der Waals surface area contributed by atoms with Gasteiger partial charge in [-0.3, -0.25) is 14.9 Å². The first kappa shape index (κ1) is 11.1. The summed E-state index contributed by atoms with van der Waals surface area (Å²) in [5.74, 6) is 0.812. The predicted octanol–water partition coefficient (Wildman–Crippen LogP) is 0.762. The number of ether oxygens (including phenoxy) is 2. The molecule has 2 amide bonds. The van der Waals surface area contributed by atoms with Crippen LogP contribution in [0.3, 0.4) is 0 Å². The molecule has 1 saturated heterocycles. The lowest BCUT2D eigenvalue weighted by molar-refractivity contribution is -0.126. The Morgan fingerprint density at radius 2 is 1.89 bits per heavy atom. The molecule has 3 rings (SSSR count). The summed E-state index contributed by atoms with van der Waals surface area (Å²) in [5.41, 5.74) is -0.0393. The van der Waals surface area contributed by atoms with Crippen molar-refractivity contribution in [2.45, 2.75) is 18.8 Å². The Balaban J connectivity index is 2.02. The summed E-state index contributed by atoms with van der Waals surface area (Å²) >= 11 is 0. The maximum atomic E-state index is 11.9. The van der Waals surface area contributed by atoms with Gasteiger partial charge in [0.15, 0.2) is 11.5 Å². The summed E-state index contributed by atoms with van der Waals surface area (Å²) in [6.07, 6.45) is 0.172. The number of hydrogen-bond donors (Lipinski definition) is 1. The summed E-state index contributed by atoms with van der Waals surface area (Å²) in [4.78, 5) is 23.2. The summed E-state index contributed by atoms with van der Waals surface area (Å²) in [6, 6.07) is 5.38. The fourth-order valence-electron chi connectivity index (χ4n) is 2.33. The van der Waals surface area contributed by atoms with Crippen LogP contribution < -0.4 is 14.8 Å². The van der Waals surface area contributed by atoms with Gasteiger partial charge >= 0.3 is 0 Å². The lowest BCUT2D eigenvalue weighted by Gasteiger charge is -2.24. The first-order valence-electron chi connectivity index (χ1n) is 5.84. The van der Waals surface area contributed by atoms with Crippen LogP contribution in [0.25, 0.3) is 0 Å². The van der Waals surface area contributed by atoms with Gasteiger partial charge in [-0.1, -0.05) is 6.07 Å². The molecule has 0 spiro atoms. The SMILES string of the molecule is CC1(c2ccc3c(c2)OCCO3)CC(=O)NC1=O. The molecule has 0 radical (unpaired) electrons. The number of benzene rings is 1. The second kappa shape index (κ2) is 3.73. The van der Waals surface area contributed by atoms with E-state index < -0.39 is 5.41 Å². The van der Waals surface area contributed by atoms with Crippen LogP contribution in [0.2, 0.25) is 0 Å². The van der Waals surface area contributed by atoms with Crippen molar-refractivity contribution in [2.24, 2.45) is 0 Å². The normalized spacial score (nSPS) is 26.1. The summed E-state index contributed by atoms with van der Waals surface area (Å²) < 4.78 is 10.9. The number of fused-ring (bicyclic) bond motifs is 1. The highest BCUT2D eigenvalue weighted by Gasteiger charge is 2.44. The second-order valence-corrected chi connectivity index (χ2v) is 4.74. The zero-order valence-corrected chi connectivity index (χ0v) is 9.99. The summed E-state index contributed by atoms with van der Waals surface area (Å²) in [5, 5.41) is 2.34. The van der Waals surface area contributed by atoms with Crippen LogP contribution in [0.15, 0.2) is 18.2 Å². The monoisotopic (exact) mass is 247 g/mol. The fraction of sp³-hybridized carbons (Fsp3) is 0.385. The van der Waals surface area contributed by atoms with Crippen LogP contribution in [-0.4, -0.2) is 25.0 Å². The van der Waals surface area contributed by atoms with Gasteiger partial charge in [-0.05, 0) is 24.6 Å². The summed E-state index contributed by atoms with van der Waals surface area (Å²) in [6.45, 7) is 2.79. The largest absolute Gasteiger partial charge is 0.486 e. The van der Waals surface area contributed by atoms with Gasteiger partial charge in [0, 0.05) is 6.42 Å². The van der Waals surface area contributed by atoms with Crippen molar-refractivity contribution in [3.63, 3.8) is 0 Å². The van der Waals surface area contributed by atoms with Gasteiger partial charge in [-0.15, -0.1) is 0 Å². The van der Waals surface area contributed by atoms with Crippen LogP contribution in [0.4, 0.5) is 0 Å². The van der Waals surface area contributed by atoms with Crippen molar-refractivity contribution in [1.29, 1.82) is 0 Å². The fourth-order valence-corrected chi connectivity index (χ4v) is 2.33. The van der Waals surface area contributed by atoms with Crippen LogP contribution >= 0.6 is 0 Å². The molecule has 18 heavy (non-hydrogen) atoms. The second-order valence-electron chi connectivity index (χ2n) is 4.74. The first-order valence-corrected chi connectivity index (χ1v) is 5.84. The molecule has 2 aliphatic heterocycles. The van der Waals surface area contributed by atoms with Crippen LogP contribution in [0.5, 0.6) is 11.5 Å². The molecule has 5 heteroatoms. The van der Waals surface area contributed by atoms with E-state index in [4.69, 9.17) is 9.47 Å². The standard InChI is InChI=1S/C13H13NO4/c1-13(7-11(15)14-12(13)16)8-2-3-9-10(6-8)18-5-4-17-9/h2-3,6H,4-5,7H2,1H3,(H,14,15,16). The van der Waals surface area contributed by atoms with E-state index in [0.29, 0.717) is 24.7 Å². The molecule has 94 valence electrons. The Morgan fingerprint density at radius 1 is 1.17 bits per heavy atom. The number of nitrogens with one attached hydrogen (secondary N) is 1. The molecule has 0 saturated carbocycles. The number of imide groups is 1. The molecule has 1 unspecified atom stereocenters. The van der Waals surface area contributed by atoms with Crippen molar-refractivity contribution in [2.75, 3.05) is 13.2 Å². The Bertz CT molecular complexity index is 540. The Hall–Kier alpha value is -2.04. The van der Waals surface area contributed by atoms with E-state index >= 15 is 0 Å². The van der Waals surface area contributed by atoms with Crippen molar-refractivity contribution in [3.05, 3.63) is 23.8 Å². The molecular formula is C13H13NO4. The number of carbonyl (C=O) groups excluding carboxylic acids is 2. The van der Waals surface area contributed by atoms with E-state index in [1.54, 1.807) is 19.1 Å². The van der Waals surface area contributed by atoms with Crippen molar-refractivity contribution < 1.29 is 19.1 Å². The van der Waals surface area contributed by atoms with Crippen LogP contribution in [0, 0.1) is 0 Å². The zero-order valence-electron chi connectivity index (χ0n) is 9.99. The van der Waals surface area contributed by atoms with Gasteiger partial charge in [0.05, 0.1) is 5.41 Å². The highest BCUT2D eigenvalue weighted by Crippen LogP contribution is 2.38. The number of amides is 2. The van der Waals surface area contributed by atoms with E-state index in [0.717, 1.165) is 5.56 Å².